The summed E-state index contributed by atoms with van der Waals surface area (Å²) in [6, 6.07) is 9.06. The molecule has 0 unspecified atom stereocenters. The molecule has 0 radical (unpaired) electrons. The van der Waals surface area contributed by atoms with Crippen molar-refractivity contribution in [3.05, 3.63) is 54.0 Å². The zero-order chi connectivity index (χ0) is 25.0. The molecule has 0 bridgehead atoms. The van der Waals surface area contributed by atoms with Crippen molar-refractivity contribution in [2.24, 2.45) is 0 Å². The highest BCUT2D eigenvalue weighted by Crippen LogP contribution is 2.25. The van der Waals surface area contributed by atoms with E-state index < -0.39 is 23.4 Å². The van der Waals surface area contributed by atoms with Gasteiger partial charge in [-0.25, -0.2) is 9.18 Å². The largest absolute Gasteiger partial charge is 0.444 e. The first-order valence-electron chi connectivity index (χ1n) is 11.5. The summed E-state index contributed by atoms with van der Waals surface area (Å²) in [5.41, 5.74) is 0.984. The molecule has 0 atom stereocenters. The van der Waals surface area contributed by atoms with Gasteiger partial charge in [0.05, 0.1) is 42.8 Å². The highest BCUT2D eigenvalue weighted by atomic mass is 19.1. The van der Waals surface area contributed by atoms with Gasteiger partial charge in [0.15, 0.2) is 0 Å². The Morgan fingerprint density at radius 2 is 1.83 bits per heavy atom. The van der Waals surface area contributed by atoms with E-state index in [1.165, 1.54) is 12.1 Å². The lowest BCUT2D eigenvalue weighted by Gasteiger charge is -2.26. The fourth-order valence-electron chi connectivity index (χ4n) is 3.80. The number of nitrogens with one attached hydrogen (secondary N) is 2. The molecule has 35 heavy (non-hydrogen) atoms. The standard InChI is InChI=1S/C25H30FN5O4/c1-25(2,3)35-24(33)29-21-15-19(26)5-6-20(21)28-23(32)17-4-7-22-18(14-17)16-27-31(22)9-8-30-10-12-34-13-11-30/h4-7,14-16H,8-13H2,1-3H3,(H,28,32)(H,29,33). The summed E-state index contributed by atoms with van der Waals surface area (Å²) in [6.45, 7) is 10.1. The second kappa shape index (κ2) is 10.4. The van der Waals surface area contributed by atoms with Crippen molar-refractivity contribution in [2.75, 3.05) is 43.5 Å². The van der Waals surface area contributed by atoms with Crippen molar-refractivity contribution in [2.45, 2.75) is 32.9 Å². The van der Waals surface area contributed by atoms with Crippen LogP contribution in [0.4, 0.5) is 20.6 Å². The Bertz CT molecular complexity index is 1210. The minimum absolute atomic E-state index is 0.101. The van der Waals surface area contributed by atoms with E-state index in [0.29, 0.717) is 5.56 Å². The first-order chi connectivity index (χ1) is 16.7. The predicted octanol–water partition coefficient (Wildman–Crippen LogP) is 4.11. The van der Waals surface area contributed by atoms with Crippen molar-refractivity contribution in [1.29, 1.82) is 0 Å². The average molecular weight is 484 g/mol. The van der Waals surface area contributed by atoms with Crippen LogP contribution in [0.5, 0.6) is 0 Å². The molecule has 3 aromatic rings. The molecule has 10 heteroatoms. The van der Waals surface area contributed by atoms with E-state index in [2.05, 4.69) is 20.6 Å². The number of carbonyl (C=O) groups is 2. The molecule has 4 rings (SSSR count). The van der Waals surface area contributed by atoms with Crippen molar-refractivity contribution < 1.29 is 23.5 Å². The van der Waals surface area contributed by atoms with E-state index in [1.54, 1.807) is 39.1 Å². The van der Waals surface area contributed by atoms with Gasteiger partial charge in [0.25, 0.3) is 5.91 Å². The number of morpholine rings is 1. The van der Waals surface area contributed by atoms with Gasteiger partial charge in [-0.3, -0.25) is 19.7 Å². The quantitative estimate of drug-likeness (QED) is 0.548. The molecule has 9 nitrogen and oxygen atoms in total. The molecule has 2 amide bonds. The first-order valence-corrected chi connectivity index (χ1v) is 11.5. The summed E-state index contributed by atoms with van der Waals surface area (Å²) in [4.78, 5) is 27.5. The zero-order valence-electron chi connectivity index (χ0n) is 20.1. The van der Waals surface area contributed by atoms with E-state index in [1.807, 2.05) is 10.7 Å². The van der Waals surface area contributed by atoms with Gasteiger partial charge >= 0.3 is 6.09 Å². The molecule has 186 valence electrons. The van der Waals surface area contributed by atoms with Crippen LogP contribution in [0.15, 0.2) is 42.6 Å². The Morgan fingerprint density at radius 3 is 2.57 bits per heavy atom. The molecule has 1 aliphatic rings. The maximum absolute atomic E-state index is 13.8. The molecule has 1 aliphatic heterocycles. The third kappa shape index (κ3) is 6.55. The first kappa shape index (κ1) is 24.6. The van der Waals surface area contributed by atoms with Gasteiger partial charge in [-0.15, -0.1) is 0 Å². The Morgan fingerprint density at radius 1 is 1.06 bits per heavy atom. The number of hydrogen-bond donors (Lipinski definition) is 2. The van der Waals surface area contributed by atoms with Gasteiger partial charge in [-0.2, -0.15) is 5.10 Å². The van der Waals surface area contributed by atoms with Gasteiger partial charge < -0.3 is 14.8 Å². The summed E-state index contributed by atoms with van der Waals surface area (Å²) in [6.07, 6.45) is 0.989. The molecule has 0 saturated carbocycles. The number of nitrogens with zero attached hydrogens (tertiary/aromatic N) is 3. The van der Waals surface area contributed by atoms with Crippen molar-refractivity contribution in [1.82, 2.24) is 14.7 Å². The molecular weight excluding hydrogens is 453 g/mol. The number of benzene rings is 2. The van der Waals surface area contributed by atoms with Crippen molar-refractivity contribution >= 4 is 34.3 Å². The third-order valence-corrected chi connectivity index (χ3v) is 5.50. The Hall–Kier alpha value is -3.50. The average Bonchev–Trinajstić information content (AvgIpc) is 3.21. The molecule has 2 aromatic carbocycles. The Kier molecular flexibility index (Phi) is 7.32. The number of amides is 2. The Balaban J connectivity index is 1.45. The third-order valence-electron chi connectivity index (χ3n) is 5.50. The molecule has 2 heterocycles. The van der Waals surface area contributed by atoms with Crippen LogP contribution in [0.2, 0.25) is 0 Å². The summed E-state index contributed by atoms with van der Waals surface area (Å²) in [5, 5.41) is 10.6. The van der Waals surface area contributed by atoms with E-state index >= 15 is 0 Å². The normalized spacial score (nSPS) is 14.6. The Labute approximate surface area is 203 Å². The highest BCUT2D eigenvalue weighted by molar-refractivity contribution is 6.08. The topological polar surface area (TPSA) is 97.7 Å². The lowest BCUT2D eigenvalue weighted by atomic mass is 10.1. The molecule has 1 saturated heterocycles. The van der Waals surface area contributed by atoms with Gasteiger partial charge in [-0.1, -0.05) is 0 Å². The summed E-state index contributed by atoms with van der Waals surface area (Å²) >= 11 is 0. The lowest BCUT2D eigenvalue weighted by molar-refractivity contribution is 0.0361. The fraction of sp³-hybridized carbons (Fsp3) is 0.400. The van der Waals surface area contributed by atoms with E-state index in [-0.39, 0.29) is 11.4 Å². The number of halogens is 1. The molecule has 0 aliphatic carbocycles. The van der Waals surface area contributed by atoms with Crippen LogP contribution in [0.3, 0.4) is 0 Å². The van der Waals surface area contributed by atoms with Crippen LogP contribution in [-0.2, 0) is 16.0 Å². The number of fused-ring (bicyclic) bond motifs is 1. The van der Waals surface area contributed by atoms with E-state index in [4.69, 9.17) is 9.47 Å². The second-order valence-electron chi connectivity index (χ2n) is 9.37. The fourth-order valence-corrected chi connectivity index (χ4v) is 3.80. The van der Waals surface area contributed by atoms with Crippen LogP contribution in [-0.4, -0.2) is 65.1 Å². The maximum Gasteiger partial charge on any atom is 0.412 e. The molecule has 2 N–H and O–H groups in total. The maximum atomic E-state index is 13.8. The van der Waals surface area contributed by atoms with Gasteiger partial charge in [0.1, 0.15) is 11.4 Å². The molecule has 1 fully saturated rings. The van der Waals surface area contributed by atoms with Gasteiger partial charge in [0.2, 0.25) is 0 Å². The smallest absolute Gasteiger partial charge is 0.412 e. The van der Waals surface area contributed by atoms with Crippen molar-refractivity contribution in [3.8, 4) is 0 Å². The lowest BCUT2D eigenvalue weighted by Crippen LogP contribution is -2.38. The number of aromatic nitrogens is 2. The highest BCUT2D eigenvalue weighted by Gasteiger charge is 2.19. The minimum Gasteiger partial charge on any atom is -0.444 e. The number of ether oxygens (including phenoxy) is 2. The number of carbonyl (C=O) groups excluding carboxylic acids is 2. The summed E-state index contributed by atoms with van der Waals surface area (Å²) < 4.78 is 26.4. The number of hydrogen-bond acceptors (Lipinski definition) is 6. The molecular formula is C25H30FN5O4. The van der Waals surface area contributed by atoms with Crippen LogP contribution >= 0.6 is 0 Å². The van der Waals surface area contributed by atoms with Crippen LogP contribution < -0.4 is 10.6 Å². The van der Waals surface area contributed by atoms with Crippen LogP contribution in [0.25, 0.3) is 10.9 Å². The monoisotopic (exact) mass is 483 g/mol. The van der Waals surface area contributed by atoms with E-state index in [0.717, 1.165) is 56.4 Å². The molecule has 1 aromatic heterocycles. The van der Waals surface area contributed by atoms with E-state index in [9.17, 15) is 14.0 Å². The minimum atomic E-state index is -0.746. The van der Waals surface area contributed by atoms with Gasteiger partial charge in [0, 0.05) is 30.6 Å². The molecule has 0 spiro atoms. The zero-order valence-corrected chi connectivity index (χ0v) is 20.1. The SMILES string of the molecule is CC(C)(C)OC(=O)Nc1cc(F)ccc1NC(=O)c1ccc2c(cnn2CCN2CCOCC2)c1. The summed E-state index contributed by atoms with van der Waals surface area (Å²) in [5.74, 6) is -0.952. The predicted molar refractivity (Wildman–Crippen MR) is 131 cm³/mol. The van der Waals surface area contributed by atoms with Crippen LogP contribution in [0.1, 0.15) is 31.1 Å². The number of anilines is 2. The van der Waals surface area contributed by atoms with Crippen LogP contribution in [0, 0.1) is 5.82 Å². The summed E-state index contributed by atoms with van der Waals surface area (Å²) in [7, 11) is 0. The van der Waals surface area contributed by atoms with Crippen molar-refractivity contribution in [3.63, 3.8) is 0 Å². The second-order valence-corrected chi connectivity index (χ2v) is 9.37. The number of rotatable bonds is 6. The van der Waals surface area contributed by atoms with Gasteiger partial charge in [-0.05, 0) is 57.2 Å².